The Morgan fingerprint density at radius 2 is 1.63 bits per heavy atom. The van der Waals surface area contributed by atoms with E-state index < -0.39 is 9.84 Å². The summed E-state index contributed by atoms with van der Waals surface area (Å²) in [4.78, 5) is 16.5. The predicted molar refractivity (Wildman–Crippen MR) is 131 cm³/mol. The third-order valence-corrected chi connectivity index (χ3v) is 5.57. The van der Waals surface area contributed by atoms with Crippen LogP contribution in [-0.4, -0.2) is 40.1 Å². The summed E-state index contributed by atoms with van der Waals surface area (Å²) in [6, 6.07) is 12.7. The highest BCUT2D eigenvalue weighted by Gasteiger charge is 2.11. The van der Waals surface area contributed by atoms with Crippen LogP contribution in [0.2, 0.25) is 0 Å². The van der Waals surface area contributed by atoms with Crippen LogP contribution in [0.15, 0.2) is 52.4 Å². The average Bonchev–Trinajstić information content (AvgIpc) is 2.67. The van der Waals surface area contributed by atoms with Crippen molar-refractivity contribution in [3.8, 4) is 0 Å². The summed E-state index contributed by atoms with van der Waals surface area (Å²) in [7, 11) is -1.54. The van der Waals surface area contributed by atoms with E-state index in [0.717, 1.165) is 16.7 Å². The molecule has 7 nitrogen and oxygen atoms in total. The maximum Gasteiger partial charge on any atom is 0.251 e. The molecule has 0 unspecified atom stereocenters. The van der Waals surface area contributed by atoms with E-state index in [-0.39, 0.29) is 29.9 Å². The van der Waals surface area contributed by atoms with Gasteiger partial charge in [-0.05, 0) is 48.7 Å². The van der Waals surface area contributed by atoms with E-state index in [0.29, 0.717) is 36.1 Å². The van der Waals surface area contributed by atoms with Crippen molar-refractivity contribution < 1.29 is 13.2 Å². The number of hydrogen-bond donors (Lipinski definition) is 3. The predicted octanol–water partition coefficient (Wildman–Crippen LogP) is 2.63. The standard InChI is InChI=1S/C21H28N4O3S.HI/c1-5-23-20(26)18-8-6-7-16(12-18)13-24-21(22-3)25-14-17-9-10-19(15(2)11-17)29(4,27)28;/h6-12H,5,13-14H2,1-4H3,(H,23,26)(H2,22,24,25);1H. The van der Waals surface area contributed by atoms with Crippen LogP contribution < -0.4 is 16.0 Å². The van der Waals surface area contributed by atoms with Gasteiger partial charge in [0.15, 0.2) is 15.8 Å². The van der Waals surface area contributed by atoms with Crippen LogP contribution in [0.3, 0.4) is 0 Å². The van der Waals surface area contributed by atoms with Gasteiger partial charge in [0.1, 0.15) is 0 Å². The Kier molecular flexibility index (Phi) is 10.3. The number of amides is 1. The Morgan fingerprint density at radius 1 is 1.00 bits per heavy atom. The third-order valence-electron chi connectivity index (χ3n) is 4.31. The van der Waals surface area contributed by atoms with Gasteiger partial charge in [0.25, 0.3) is 5.91 Å². The van der Waals surface area contributed by atoms with Crippen LogP contribution in [0, 0.1) is 6.92 Å². The summed E-state index contributed by atoms with van der Waals surface area (Å²) in [6.07, 6.45) is 1.21. The highest BCUT2D eigenvalue weighted by atomic mass is 127. The molecule has 2 aromatic rings. The van der Waals surface area contributed by atoms with Gasteiger partial charge in [0, 0.05) is 38.5 Å². The number of hydrogen-bond acceptors (Lipinski definition) is 4. The molecule has 0 radical (unpaired) electrons. The molecule has 0 aliphatic rings. The molecule has 0 heterocycles. The Labute approximate surface area is 195 Å². The lowest BCUT2D eigenvalue weighted by atomic mass is 10.1. The minimum Gasteiger partial charge on any atom is -0.352 e. The van der Waals surface area contributed by atoms with Crippen molar-refractivity contribution in [3.05, 3.63) is 64.7 Å². The second-order valence-corrected chi connectivity index (χ2v) is 8.70. The molecule has 164 valence electrons. The van der Waals surface area contributed by atoms with E-state index in [9.17, 15) is 13.2 Å². The van der Waals surface area contributed by atoms with Gasteiger partial charge in [0.05, 0.1) is 4.90 Å². The molecule has 0 spiro atoms. The number of sulfone groups is 1. The largest absolute Gasteiger partial charge is 0.352 e. The zero-order chi connectivity index (χ0) is 21.4. The van der Waals surface area contributed by atoms with E-state index in [1.165, 1.54) is 6.26 Å². The van der Waals surface area contributed by atoms with E-state index in [1.807, 2.05) is 31.2 Å². The SMILES string of the molecule is CCNC(=O)c1cccc(CNC(=NC)NCc2ccc(S(C)(=O)=O)c(C)c2)c1.I. The number of aryl methyl sites for hydroxylation is 1. The van der Waals surface area contributed by atoms with Crippen LogP contribution in [0.25, 0.3) is 0 Å². The van der Waals surface area contributed by atoms with Crippen LogP contribution in [0.4, 0.5) is 0 Å². The fraction of sp³-hybridized carbons (Fsp3) is 0.333. The summed E-state index contributed by atoms with van der Waals surface area (Å²) in [5.74, 6) is 0.517. The maximum atomic E-state index is 12.0. The van der Waals surface area contributed by atoms with Crippen LogP contribution in [-0.2, 0) is 22.9 Å². The summed E-state index contributed by atoms with van der Waals surface area (Å²) >= 11 is 0. The van der Waals surface area contributed by atoms with E-state index >= 15 is 0 Å². The molecule has 0 atom stereocenters. The molecule has 0 saturated carbocycles. The molecule has 0 aliphatic carbocycles. The first-order chi connectivity index (χ1) is 13.7. The van der Waals surface area contributed by atoms with E-state index in [4.69, 9.17) is 0 Å². The lowest BCUT2D eigenvalue weighted by Crippen LogP contribution is -2.36. The fourth-order valence-corrected chi connectivity index (χ4v) is 3.87. The molecule has 30 heavy (non-hydrogen) atoms. The first kappa shape index (κ1) is 25.9. The lowest BCUT2D eigenvalue weighted by molar-refractivity contribution is 0.0955. The summed E-state index contributed by atoms with van der Waals surface area (Å²) in [5.41, 5.74) is 3.26. The lowest BCUT2D eigenvalue weighted by Gasteiger charge is -2.13. The van der Waals surface area contributed by atoms with Gasteiger partial charge in [-0.2, -0.15) is 0 Å². The molecule has 0 saturated heterocycles. The van der Waals surface area contributed by atoms with Crippen molar-refractivity contribution in [2.45, 2.75) is 31.8 Å². The molecular weight excluding hydrogens is 515 g/mol. The number of carbonyl (C=O) groups is 1. The van der Waals surface area contributed by atoms with Crippen molar-refractivity contribution >= 4 is 45.7 Å². The summed E-state index contributed by atoms with van der Waals surface area (Å²) in [6.45, 7) is 5.27. The molecule has 2 aromatic carbocycles. The molecule has 0 aliphatic heterocycles. The van der Waals surface area contributed by atoms with Crippen LogP contribution >= 0.6 is 24.0 Å². The van der Waals surface area contributed by atoms with Crippen molar-refractivity contribution in [1.82, 2.24) is 16.0 Å². The molecule has 1 amide bonds. The first-order valence-corrected chi connectivity index (χ1v) is 11.2. The normalized spacial score (nSPS) is 11.4. The van der Waals surface area contributed by atoms with E-state index in [2.05, 4.69) is 20.9 Å². The number of guanidine groups is 1. The Hall–Kier alpha value is -2.14. The van der Waals surface area contributed by atoms with Crippen molar-refractivity contribution in [3.63, 3.8) is 0 Å². The van der Waals surface area contributed by atoms with Gasteiger partial charge in [0.2, 0.25) is 0 Å². The van der Waals surface area contributed by atoms with Crippen molar-refractivity contribution in [2.75, 3.05) is 19.8 Å². The first-order valence-electron chi connectivity index (χ1n) is 9.35. The van der Waals surface area contributed by atoms with Crippen LogP contribution in [0.5, 0.6) is 0 Å². The van der Waals surface area contributed by atoms with E-state index in [1.54, 1.807) is 32.2 Å². The second-order valence-electron chi connectivity index (χ2n) is 6.71. The number of aliphatic imine (C=N–C) groups is 1. The van der Waals surface area contributed by atoms with Gasteiger partial charge in [-0.15, -0.1) is 24.0 Å². The molecule has 0 bridgehead atoms. The molecule has 0 fully saturated rings. The number of nitrogens with one attached hydrogen (secondary N) is 3. The van der Waals surface area contributed by atoms with Gasteiger partial charge in [-0.3, -0.25) is 9.79 Å². The minimum atomic E-state index is -3.22. The summed E-state index contributed by atoms with van der Waals surface area (Å²) in [5, 5.41) is 9.21. The van der Waals surface area contributed by atoms with Gasteiger partial charge in [-0.1, -0.05) is 24.3 Å². The highest BCUT2D eigenvalue weighted by Crippen LogP contribution is 2.16. The number of carbonyl (C=O) groups excluding carboxylic acids is 1. The highest BCUT2D eigenvalue weighted by molar-refractivity contribution is 14.0. The third kappa shape index (κ3) is 7.60. The van der Waals surface area contributed by atoms with Crippen molar-refractivity contribution in [1.29, 1.82) is 0 Å². The zero-order valence-electron chi connectivity index (χ0n) is 17.7. The maximum absolute atomic E-state index is 12.0. The Balaban J connectivity index is 0.00000450. The fourth-order valence-electron chi connectivity index (χ4n) is 2.91. The zero-order valence-corrected chi connectivity index (χ0v) is 20.8. The van der Waals surface area contributed by atoms with Gasteiger partial charge < -0.3 is 16.0 Å². The molecule has 2 rings (SSSR count). The minimum absolute atomic E-state index is 0. The second kappa shape index (κ2) is 11.9. The van der Waals surface area contributed by atoms with Gasteiger partial charge >= 0.3 is 0 Å². The monoisotopic (exact) mass is 544 g/mol. The Bertz CT molecular complexity index is 1010. The molecule has 9 heteroatoms. The number of halogens is 1. The van der Waals surface area contributed by atoms with Crippen LogP contribution in [0.1, 0.15) is 34.0 Å². The number of benzene rings is 2. The van der Waals surface area contributed by atoms with Gasteiger partial charge in [-0.25, -0.2) is 8.42 Å². The number of nitrogens with zero attached hydrogens (tertiary/aromatic N) is 1. The average molecular weight is 544 g/mol. The van der Waals surface area contributed by atoms with Crippen molar-refractivity contribution in [2.24, 2.45) is 4.99 Å². The number of rotatable bonds is 7. The topological polar surface area (TPSA) is 99.7 Å². The summed E-state index contributed by atoms with van der Waals surface area (Å²) < 4.78 is 23.5. The smallest absolute Gasteiger partial charge is 0.251 e. The molecule has 0 aromatic heterocycles. The molecule has 3 N–H and O–H groups in total. The molecular formula is C21H29IN4O3S. The quantitative estimate of drug-likeness (QED) is 0.283. The Morgan fingerprint density at radius 3 is 2.17 bits per heavy atom.